The van der Waals surface area contributed by atoms with Crippen molar-refractivity contribution in [2.75, 3.05) is 36.8 Å². The van der Waals surface area contributed by atoms with Gasteiger partial charge in [0.25, 0.3) is 0 Å². The van der Waals surface area contributed by atoms with Gasteiger partial charge in [0.15, 0.2) is 5.16 Å². The second-order valence-electron chi connectivity index (χ2n) is 5.36. The van der Waals surface area contributed by atoms with Gasteiger partial charge in [-0.1, -0.05) is 29.4 Å². The normalized spacial score (nSPS) is 15.0. The highest BCUT2D eigenvalue weighted by molar-refractivity contribution is 7.99. The van der Waals surface area contributed by atoms with Gasteiger partial charge in [0.2, 0.25) is 5.91 Å². The van der Waals surface area contributed by atoms with E-state index in [4.69, 9.17) is 11.6 Å². The van der Waals surface area contributed by atoms with Gasteiger partial charge in [0, 0.05) is 43.9 Å². The topological polar surface area (TPSA) is 54.3 Å². The average molecular weight is 352 g/mol. The highest BCUT2D eigenvalue weighted by Gasteiger charge is 2.21. The number of aromatic nitrogens is 3. The summed E-state index contributed by atoms with van der Waals surface area (Å²) in [5, 5.41) is 9.29. The first-order valence-electron chi connectivity index (χ1n) is 7.38. The molecule has 0 unspecified atom stereocenters. The fourth-order valence-corrected chi connectivity index (χ4v) is 3.48. The Labute approximate surface area is 144 Å². The predicted molar refractivity (Wildman–Crippen MR) is 92.0 cm³/mol. The van der Waals surface area contributed by atoms with Crippen molar-refractivity contribution in [3.05, 3.63) is 35.6 Å². The lowest BCUT2D eigenvalue weighted by atomic mass is 10.2. The molecule has 1 saturated heterocycles. The molecule has 0 radical (unpaired) electrons. The number of hydrogen-bond acceptors (Lipinski definition) is 5. The van der Waals surface area contributed by atoms with Crippen molar-refractivity contribution in [2.24, 2.45) is 7.05 Å². The predicted octanol–water partition coefficient (Wildman–Crippen LogP) is 1.91. The van der Waals surface area contributed by atoms with Crippen LogP contribution in [0.15, 0.2) is 35.7 Å². The largest absolute Gasteiger partial charge is 0.368 e. The molecule has 1 aromatic carbocycles. The number of anilines is 1. The van der Waals surface area contributed by atoms with Gasteiger partial charge in [-0.05, 0) is 18.2 Å². The van der Waals surface area contributed by atoms with Crippen LogP contribution in [0.25, 0.3) is 0 Å². The molecular weight excluding hydrogens is 334 g/mol. The zero-order valence-electron chi connectivity index (χ0n) is 12.9. The van der Waals surface area contributed by atoms with Crippen LogP contribution in [0.2, 0.25) is 5.02 Å². The summed E-state index contributed by atoms with van der Waals surface area (Å²) in [6.45, 7) is 3.09. The maximum Gasteiger partial charge on any atom is 0.233 e. The number of hydrogen-bond donors (Lipinski definition) is 0. The molecule has 1 aliphatic heterocycles. The Morgan fingerprint density at radius 1 is 1.30 bits per heavy atom. The van der Waals surface area contributed by atoms with E-state index in [-0.39, 0.29) is 5.91 Å². The summed E-state index contributed by atoms with van der Waals surface area (Å²) in [5.41, 5.74) is 1.11. The minimum absolute atomic E-state index is 0.142. The van der Waals surface area contributed by atoms with Gasteiger partial charge in [-0.25, -0.2) is 0 Å². The summed E-state index contributed by atoms with van der Waals surface area (Å²) in [4.78, 5) is 16.5. The smallest absolute Gasteiger partial charge is 0.233 e. The fraction of sp³-hybridized carbons (Fsp3) is 0.400. The van der Waals surface area contributed by atoms with E-state index < -0.39 is 0 Å². The molecule has 0 N–H and O–H groups in total. The zero-order valence-corrected chi connectivity index (χ0v) is 14.4. The maximum absolute atomic E-state index is 12.3. The van der Waals surface area contributed by atoms with Crippen LogP contribution in [0.1, 0.15) is 0 Å². The standard InChI is InChI=1S/C15H18ClN5OS/c1-19-11-17-18-15(19)23-10-14(22)21-7-5-20(6-8-21)13-4-2-3-12(16)9-13/h2-4,9,11H,5-8,10H2,1H3. The quantitative estimate of drug-likeness (QED) is 0.788. The minimum atomic E-state index is 0.142. The van der Waals surface area contributed by atoms with Crippen LogP contribution < -0.4 is 4.90 Å². The maximum atomic E-state index is 12.3. The third-order valence-corrected chi connectivity index (χ3v) is 5.05. The Kier molecular flexibility index (Phi) is 5.07. The Morgan fingerprint density at radius 3 is 2.74 bits per heavy atom. The number of rotatable bonds is 4. The Hall–Kier alpha value is -1.73. The van der Waals surface area contributed by atoms with Crippen LogP contribution in [0.5, 0.6) is 0 Å². The average Bonchev–Trinajstić information content (AvgIpc) is 2.98. The molecule has 1 aliphatic rings. The van der Waals surface area contributed by atoms with Gasteiger partial charge in [0.05, 0.1) is 5.75 Å². The van der Waals surface area contributed by atoms with Crippen LogP contribution in [-0.2, 0) is 11.8 Å². The molecular formula is C15H18ClN5OS. The molecule has 1 fully saturated rings. The number of nitrogens with zero attached hydrogens (tertiary/aromatic N) is 5. The van der Waals surface area contributed by atoms with Crippen molar-refractivity contribution in [3.63, 3.8) is 0 Å². The molecule has 23 heavy (non-hydrogen) atoms. The number of aryl methyl sites for hydroxylation is 1. The highest BCUT2D eigenvalue weighted by atomic mass is 35.5. The molecule has 1 aromatic heterocycles. The third kappa shape index (κ3) is 3.97. The SMILES string of the molecule is Cn1cnnc1SCC(=O)N1CCN(c2cccc(Cl)c2)CC1. The van der Waals surface area contributed by atoms with E-state index in [1.807, 2.05) is 40.8 Å². The summed E-state index contributed by atoms with van der Waals surface area (Å²) >= 11 is 7.46. The molecule has 0 atom stereocenters. The Morgan fingerprint density at radius 2 is 2.09 bits per heavy atom. The van der Waals surface area contributed by atoms with Crippen molar-refractivity contribution in [3.8, 4) is 0 Å². The van der Waals surface area contributed by atoms with E-state index in [1.54, 1.807) is 6.33 Å². The number of thioether (sulfide) groups is 1. The number of carbonyl (C=O) groups is 1. The number of benzene rings is 1. The number of amides is 1. The molecule has 0 saturated carbocycles. The highest BCUT2D eigenvalue weighted by Crippen LogP contribution is 2.21. The van der Waals surface area contributed by atoms with Crippen LogP contribution in [0, 0.1) is 0 Å². The van der Waals surface area contributed by atoms with Crippen molar-refractivity contribution in [2.45, 2.75) is 5.16 Å². The summed E-state index contributed by atoms with van der Waals surface area (Å²) in [6.07, 6.45) is 1.64. The second-order valence-corrected chi connectivity index (χ2v) is 6.74. The van der Waals surface area contributed by atoms with Gasteiger partial charge >= 0.3 is 0 Å². The van der Waals surface area contributed by atoms with Gasteiger partial charge in [0.1, 0.15) is 6.33 Å². The van der Waals surface area contributed by atoms with E-state index in [9.17, 15) is 4.79 Å². The summed E-state index contributed by atoms with van der Waals surface area (Å²) in [7, 11) is 1.87. The molecule has 1 amide bonds. The second kappa shape index (κ2) is 7.23. The van der Waals surface area contributed by atoms with Crippen LogP contribution in [-0.4, -0.2) is 57.5 Å². The van der Waals surface area contributed by atoms with Crippen molar-refractivity contribution >= 4 is 35.0 Å². The number of carbonyl (C=O) groups excluding carboxylic acids is 1. The van der Waals surface area contributed by atoms with Crippen LogP contribution in [0.3, 0.4) is 0 Å². The number of halogens is 1. The monoisotopic (exact) mass is 351 g/mol. The first-order chi connectivity index (χ1) is 11.1. The lowest BCUT2D eigenvalue weighted by Gasteiger charge is -2.36. The van der Waals surface area contributed by atoms with E-state index >= 15 is 0 Å². The molecule has 0 spiro atoms. The Balaban J connectivity index is 1.50. The number of piperazine rings is 1. The summed E-state index contributed by atoms with van der Waals surface area (Å²) in [5.74, 6) is 0.535. The molecule has 0 aliphatic carbocycles. The van der Waals surface area contributed by atoms with E-state index in [0.717, 1.165) is 42.0 Å². The Bertz CT molecular complexity index is 684. The molecule has 2 aromatic rings. The van der Waals surface area contributed by atoms with Crippen molar-refractivity contribution < 1.29 is 4.79 Å². The van der Waals surface area contributed by atoms with E-state index in [0.29, 0.717) is 5.75 Å². The summed E-state index contributed by atoms with van der Waals surface area (Å²) < 4.78 is 1.81. The van der Waals surface area contributed by atoms with Crippen LogP contribution >= 0.6 is 23.4 Å². The van der Waals surface area contributed by atoms with Gasteiger partial charge in [-0.3, -0.25) is 4.79 Å². The zero-order chi connectivity index (χ0) is 16.2. The van der Waals surface area contributed by atoms with Crippen LogP contribution in [0.4, 0.5) is 5.69 Å². The van der Waals surface area contributed by atoms with Gasteiger partial charge in [-0.15, -0.1) is 10.2 Å². The third-order valence-electron chi connectivity index (χ3n) is 3.80. The first kappa shape index (κ1) is 16.1. The lowest BCUT2D eigenvalue weighted by Crippen LogP contribution is -2.49. The molecule has 2 heterocycles. The first-order valence-corrected chi connectivity index (χ1v) is 8.75. The fourth-order valence-electron chi connectivity index (χ4n) is 2.51. The molecule has 0 bridgehead atoms. The van der Waals surface area contributed by atoms with Gasteiger partial charge in [-0.2, -0.15) is 0 Å². The molecule has 3 rings (SSSR count). The molecule has 122 valence electrons. The van der Waals surface area contributed by atoms with E-state index in [2.05, 4.69) is 15.1 Å². The lowest BCUT2D eigenvalue weighted by molar-refractivity contribution is -0.128. The minimum Gasteiger partial charge on any atom is -0.368 e. The molecule has 8 heteroatoms. The molecule has 6 nitrogen and oxygen atoms in total. The summed E-state index contributed by atoms with van der Waals surface area (Å²) in [6, 6.07) is 7.83. The van der Waals surface area contributed by atoms with E-state index in [1.165, 1.54) is 11.8 Å². The van der Waals surface area contributed by atoms with Crippen molar-refractivity contribution in [1.82, 2.24) is 19.7 Å². The van der Waals surface area contributed by atoms with Crippen molar-refractivity contribution in [1.29, 1.82) is 0 Å². The van der Waals surface area contributed by atoms with Gasteiger partial charge < -0.3 is 14.4 Å².